The summed E-state index contributed by atoms with van der Waals surface area (Å²) < 4.78 is 0. The molecule has 3 aromatic rings. The van der Waals surface area contributed by atoms with Crippen molar-refractivity contribution in [3.8, 4) is 0 Å². The molecule has 0 saturated carbocycles. The number of fused-ring (bicyclic) bond motifs is 2. The van der Waals surface area contributed by atoms with Gasteiger partial charge >= 0.3 is 0 Å². The van der Waals surface area contributed by atoms with E-state index in [4.69, 9.17) is 0 Å². The summed E-state index contributed by atoms with van der Waals surface area (Å²) in [4.78, 5) is 53.5. The predicted octanol–water partition coefficient (Wildman–Crippen LogP) is 4.57. The van der Waals surface area contributed by atoms with Gasteiger partial charge in [-0.05, 0) is 59.7 Å². The summed E-state index contributed by atoms with van der Waals surface area (Å²) in [5.74, 6) is -1.71. The topological polar surface area (TPSA) is 74.8 Å². The lowest BCUT2D eigenvalue weighted by Gasteiger charge is -2.17. The van der Waals surface area contributed by atoms with E-state index in [0.717, 1.165) is 20.9 Å². The first-order valence-corrected chi connectivity index (χ1v) is 9.85. The van der Waals surface area contributed by atoms with E-state index in [1.54, 1.807) is 72.8 Å². The highest BCUT2D eigenvalue weighted by Crippen LogP contribution is 2.33. The molecule has 6 nitrogen and oxygen atoms in total. The first kappa shape index (κ1) is 19.4. The van der Waals surface area contributed by atoms with Gasteiger partial charge in [-0.3, -0.25) is 19.2 Å². The number of nitrogens with zero attached hydrogens (tertiary/aromatic N) is 2. The SMILES string of the molecule is C=Cc1ccc2c(c1)C(=O)N(c1ccc(N3C(=O)c4ccc(C=C)cc4C3=O)cc1)C2=O. The number of carbonyl (C=O) groups is 4. The fourth-order valence-electron chi connectivity index (χ4n) is 3.99. The Morgan fingerprint density at radius 1 is 0.500 bits per heavy atom. The number of hydrogen-bond donors (Lipinski definition) is 0. The molecule has 0 saturated heterocycles. The summed E-state index contributed by atoms with van der Waals surface area (Å²) in [5.41, 5.74) is 3.46. The van der Waals surface area contributed by atoms with Crippen LogP contribution in [0.25, 0.3) is 12.2 Å². The molecule has 0 aromatic heterocycles. The molecule has 0 unspecified atom stereocenters. The Morgan fingerprint density at radius 2 is 0.844 bits per heavy atom. The lowest BCUT2D eigenvalue weighted by molar-refractivity contribution is 0.0909. The molecule has 0 radical (unpaired) electrons. The van der Waals surface area contributed by atoms with Crippen molar-refractivity contribution in [3.05, 3.63) is 107 Å². The van der Waals surface area contributed by atoms with Crippen LogP contribution in [-0.4, -0.2) is 23.6 Å². The molecule has 5 rings (SSSR count). The van der Waals surface area contributed by atoms with E-state index in [9.17, 15) is 19.2 Å². The Morgan fingerprint density at radius 3 is 1.19 bits per heavy atom. The quantitative estimate of drug-likeness (QED) is 0.580. The van der Waals surface area contributed by atoms with Crippen LogP contribution in [0.4, 0.5) is 11.4 Å². The average molecular weight is 420 g/mol. The Hall–Kier alpha value is -4.58. The van der Waals surface area contributed by atoms with Crippen LogP contribution in [0.2, 0.25) is 0 Å². The molecule has 2 aliphatic rings. The molecule has 3 aromatic carbocycles. The highest BCUT2D eigenvalue weighted by Gasteiger charge is 2.38. The monoisotopic (exact) mass is 420 g/mol. The predicted molar refractivity (Wildman–Crippen MR) is 122 cm³/mol. The van der Waals surface area contributed by atoms with Crippen molar-refractivity contribution >= 4 is 47.2 Å². The second-order valence-corrected chi connectivity index (χ2v) is 7.43. The van der Waals surface area contributed by atoms with Crippen molar-refractivity contribution in [2.75, 3.05) is 9.80 Å². The molecule has 4 amide bonds. The Bertz CT molecular complexity index is 1280. The van der Waals surface area contributed by atoms with Crippen LogP contribution in [0, 0.1) is 0 Å². The normalized spacial score (nSPS) is 14.6. The number of anilines is 2. The number of imide groups is 2. The highest BCUT2D eigenvalue weighted by atomic mass is 16.2. The molecule has 0 atom stereocenters. The zero-order chi connectivity index (χ0) is 22.6. The van der Waals surface area contributed by atoms with Crippen LogP contribution >= 0.6 is 0 Å². The molecular weight excluding hydrogens is 404 g/mol. The van der Waals surface area contributed by atoms with Gasteiger partial charge in [0.1, 0.15) is 0 Å². The second kappa shape index (κ2) is 6.99. The zero-order valence-electron chi connectivity index (χ0n) is 16.9. The molecule has 0 aliphatic carbocycles. The van der Waals surface area contributed by atoms with Gasteiger partial charge in [-0.25, -0.2) is 9.80 Å². The van der Waals surface area contributed by atoms with Gasteiger partial charge in [0.25, 0.3) is 23.6 Å². The standard InChI is InChI=1S/C26H16N2O4/c1-3-15-5-11-19-21(13-15)25(31)27(23(19)29)17-7-9-18(10-8-17)28-24(30)20-12-6-16(4-2)14-22(20)26(28)32/h3-14H,1-2H2. The summed E-state index contributed by atoms with van der Waals surface area (Å²) in [7, 11) is 0. The van der Waals surface area contributed by atoms with E-state index in [2.05, 4.69) is 13.2 Å². The summed E-state index contributed by atoms with van der Waals surface area (Å²) in [5, 5.41) is 0. The number of amides is 4. The van der Waals surface area contributed by atoms with Gasteiger partial charge < -0.3 is 0 Å². The first-order valence-electron chi connectivity index (χ1n) is 9.85. The van der Waals surface area contributed by atoms with Crippen LogP contribution in [0.1, 0.15) is 52.6 Å². The summed E-state index contributed by atoms with van der Waals surface area (Å²) in [6.07, 6.45) is 3.21. The highest BCUT2D eigenvalue weighted by molar-refractivity contribution is 6.35. The molecule has 0 fully saturated rings. The first-order chi connectivity index (χ1) is 15.4. The minimum Gasteiger partial charge on any atom is -0.268 e. The third-order valence-corrected chi connectivity index (χ3v) is 5.66. The van der Waals surface area contributed by atoms with Gasteiger partial charge in [0, 0.05) is 0 Å². The van der Waals surface area contributed by atoms with E-state index >= 15 is 0 Å². The number of hydrogen-bond acceptors (Lipinski definition) is 4. The number of benzene rings is 3. The van der Waals surface area contributed by atoms with E-state index in [1.807, 2.05) is 0 Å². The average Bonchev–Trinajstić information content (AvgIpc) is 3.22. The maximum Gasteiger partial charge on any atom is 0.266 e. The molecule has 0 N–H and O–H groups in total. The van der Waals surface area contributed by atoms with Gasteiger partial charge in [0.05, 0.1) is 33.6 Å². The summed E-state index contributed by atoms with van der Waals surface area (Å²) in [6.45, 7) is 7.38. The molecular formula is C26H16N2O4. The van der Waals surface area contributed by atoms with Crippen molar-refractivity contribution in [3.63, 3.8) is 0 Å². The van der Waals surface area contributed by atoms with Gasteiger partial charge in [-0.2, -0.15) is 0 Å². The maximum absolute atomic E-state index is 12.9. The molecule has 0 bridgehead atoms. The van der Waals surface area contributed by atoms with Gasteiger partial charge in [0.2, 0.25) is 0 Å². The van der Waals surface area contributed by atoms with Crippen molar-refractivity contribution < 1.29 is 19.2 Å². The van der Waals surface area contributed by atoms with Crippen LogP contribution in [0.15, 0.2) is 73.8 Å². The minimum atomic E-state index is -0.431. The Kier molecular flexibility index (Phi) is 4.23. The molecule has 2 aliphatic heterocycles. The molecule has 32 heavy (non-hydrogen) atoms. The van der Waals surface area contributed by atoms with E-state index < -0.39 is 23.6 Å². The van der Waals surface area contributed by atoms with Crippen LogP contribution in [0.5, 0.6) is 0 Å². The smallest absolute Gasteiger partial charge is 0.266 e. The third kappa shape index (κ3) is 2.66. The van der Waals surface area contributed by atoms with Gasteiger partial charge in [0.15, 0.2) is 0 Å². The van der Waals surface area contributed by atoms with Gasteiger partial charge in [-0.15, -0.1) is 0 Å². The lowest BCUT2D eigenvalue weighted by Crippen LogP contribution is -2.30. The Labute approximate surface area is 183 Å². The number of carbonyl (C=O) groups excluding carboxylic acids is 4. The third-order valence-electron chi connectivity index (χ3n) is 5.66. The molecule has 6 heteroatoms. The summed E-state index contributed by atoms with van der Waals surface area (Å²) >= 11 is 0. The number of rotatable bonds is 4. The fraction of sp³-hybridized carbons (Fsp3) is 0. The minimum absolute atomic E-state index is 0.315. The zero-order valence-corrected chi connectivity index (χ0v) is 16.9. The fourth-order valence-corrected chi connectivity index (χ4v) is 3.99. The van der Waals surface area contributed by atoms with Crippen LogP contribution in [0.3, 0.4) is 0 Å². The lowest BCUT2D eigenvalue weighted by atomic mass is 10.1. The Balaban J connectivity index is 1.46. The van der Waals surface area contributed by atoms with Crippen molar-refractivity contribution in [1.82, 2.24) is 0 Å². The van der Waals surface area contributed by atoms with E-state index in [1.165, 1.54) is 0 Å². The molecule has 0 spiro atoms. The second-order valence-electron chi connectivity index (χ2n) is 7.43. The summed E-state index contributed by atoms with van der Waals surface area (Å²) in [6, 6.07) is 16.1. The van der Waals surface area contributed by atoms with Crippen LogP contribution in [-0.2, 0) is 0 Å². The maximum atomic E-state index is 12.9. The van der Waals surface area contributed by atoms with E-state index in [-0.39, 0.29) is 0 Å². The molecule has 2 heterocycles. The van der Waals surface area contributed by atoms with E-state index in [0.29, 0.717) is 33.6 Å². The largest absolute Gasteiger partial charge is 0.268 e. The molecule has 154 valence electrons. The van der Waals surface area contributed by atoms with Crippen molar-refractivity contribution in [1.29, 1.82) is 0 Å². The van der Waals surface area contributed by atoms with Crippen LogP contribution < -0.4 is 9.80 Å². The van der Waals surface area contributed by atoms with Gasteiger partial charge in [-0.1, -0.05) is 37.4 Å². The van der Waals surface area contributed by atoms with Crippen molar-refractivity contribution in [2.45, 2.75) is 0 Å². The van der Waals surface area contributed by atoms with Crippen molar-refractivity contribution in [2.24, 2.45) is 0 Å².